The number of nitrogens with two attached hydrogens (primary N) is 2. The SMILES string of the molecule is CC=CC/C(=C(\C)N)C(N)c1ccccc1. The first kappa shape index (κ1) is 12.5. The molecule has 1 atom stereocenters. The predicted octanol–water partition coefficient (Wildman–Crippen LogP) is 2.89. The molecule has 1 aromatic rings. The van der Waals surface area contributed by atoms with Crippen molar-refractivity contribution in [3.8, 4) is 0 Å². The molecule has 0 saturated carbocycles. The van der Waals surface area contributed by atoms with Crippen LogP contribution in [0.15, 0.2) is 53.8 Å². The fourth-order valence-electron chi connectivity index (χ4n) is 1.64. The summed E-state index contributed by atoms with van der Waals surface area (Å²) in [5, 5.41) is 0. The highest BCUT2D eigenvalue weighted by Crippen LogP contribution is 2.23. The Morgan fingerprint density at radius 3 is 2.44 bits per heavy atom. The number of allylic oxidation sites excluding steroid dienone is 3. The number of benzene rings is 1. The summed E-state index contributed by atoms with van der Waals surface area (Å²) in [7, 11) is 0. The topological polar surface area (TPSA) is 52.0 Å². The lowest BCUT2D eigenvalue weighted by molar-refractivity contribution is 0.800. The van der Waals surface area contributed by atoms with Gasteiger partial charge in [-0.3, -0.25) is 0 Å². The van der Waals surface area contributed by atoms with Gasteiger partial charge in [0, 0.05) is 5.70 Å². The summed E-state index contributed by atoms with van der Waals surface area (Å²) in [4.78, 5) is 0. The van der Waals surface area contributed by atoms with Crippen LogP contribution in [0.2, 0.25) is 0 Å². The smallest absolute Gasteiger partial charge is 0.0533 e. The van der Waals surface area contributed by atoms with Crippen LogP contribution in [0.3, 0.4) is 0 Å². The predicted molar refractivity (Wildman–Crippen MR) is 69.7 cm³/mol. The molecule has 0 aliphatic heterocycles. The van der Waals surface area contributed by atoms with E-state index in [4.69, 9.17) is 11.5 Å². The van der Waals surface area contributed by atoms with Crippen molar-refractivity contribution in [3.63, 3.8) is 0 Å². The molecule has 0 heterocycles. The van der Waals surface area contributed by atoms with E-state index in [1.54, 1.807) is 0 Å². The molecule has 2 heteroatoms. The van der Waals surface area contributed by atoms with Crippen LogP contribution in [-0.4, -0.2) is 0 Å². The molecule has 1 rings (SSSR count). The molecular formula is C14H20N2. The lowest BCUT2D eigenvalue weighted by atomic mass is 9.95. The van der Waals surface area contributed by atoms with Crippen molar-refractivity contribution in [2.75, 3.05) is 0 Å². The van der Waals surface area contributed by atoms with Crippen molar-refractivity contribution < 1.29 is 0 Å². The Kier molecular flexibility index (Phi) is 4.80. The van der Waals surface area contributed by atoms with E-state index >= 15 is 0 Å². The Morgan fingerprint density at radius 1 is 1.31 bits per heavy atom. The fraction of sp³-hybridized carbons (Fsp3) is 0.286. The summed E-state index contributed by atoms with van der Waals surface area (Å²) in [6.45, 7) is 3.90. The third-order valence-corrected chi connectivity index (χ3v) is 2.61. The van der Waals surface area contributed by atoms with E-state index in [0.717, 1.165) is 23.3 Å². The van der Waals surface area contributed by atoms with Gasteiger partial charge < -0.3 is 11.5 Å². The highest BCUT2D eigenvalue weighted by Gasteiger charge is 2.11. The molecule has 0 aliphatic rings. The second kappa shape index (κ2) is 6.13. The van der Waals surface area contributed by atoms with Crippen molar-refractivity contribution in [2.24, 2.45) is 11.5 Å². The maximum Gasteiger partial charge on any atom is 0.0533 e. The van der Waals surface area contributed by atoms with Gasteiger partial charge in [-0.05, 0) is 31.4 Å². The molecule has 0 spiro atoms. The molecule has 0 fully saturated rings. The first-order chi connectivity index (χ1) is 7.66. The number of hydrogen-bond acceptors (Lipinski definition) is 2. The van der Waals surface area contributed by atoms with Gasteiger partial charge in [-0.25, -0.2) is 0 Å². The summed E-state index contributed by atoms with van der Waals surface area (Å²) in [5.41, 5.74) is 15.1. The number of hydrogen-bond donors (Lipinski definition) is 2. The van der Waals surface area contributed by atoms with E-state index < -0.39 is 0 Å². The van der Waals surface area contributed by atoms with E-state index in [1.807, 2.05) is 50.3 Å². The molecule has 0 saturated heterocycles. The highest BCUT2D eigenvalue weighted by molar-refractivity contribution is 5.30. The van der Waals surface area contributed by atoms with Crippen LogP contribution in [0.5, 0.6) is 0 Å². The first-order valence-corrected chi connectivity index (χ1v) is 5.53. The van der Waals surface area contributed by atoms with Crippen LogP contribution in [0, 0.1) is 0 Å². The summed E-state index contributed by atoms with van der Waals surface area (Å²) in [5.74, 6) is 0. The lowest BCUT2D eigenvalue weighted by Gasteiger charge is -2.17. The van der Waals surface area contributed by atoms with Crippen LogP contribution in [-0.2, 0) is 0 Å². The average molecular weight is 216 g/mol. The Bertz CT molecular complexity index is 373. The molecule has 1 unspecified atom stereocenters. The molecule has 0 aliphatic carbocycles. The zero-order valence-electron chi connectivity index (χ0n) is 9.98. The molecule has 2 nitrogen and oxygen atoms in total. The van der Waals surface area contributed by atoms with E-state index in [2.05, 4.69) is 6.08 Å². The van der Waals surface area contributed by atoms with Crippen molar-refractivity contribution in [1.29, 1.82) is 0 Å². The second-order valence-electron chi connectivity index (χ2n) is 3.87. The van der Waals surface area contributed by atoms with Gasteiger partial charge in [-0.1, -0.05) is 42.5 Å². The fourth-order valence-corrected chi connectivity index (χ4v) is 1.64. The molecule has 1 aromatic carbocycles. The average Bonchev–Trinajstić information content (AvgIpc) is 2.30. The van der Waals surface area contributed by atoms with Crippen molar-refractivity contribution in [3.05, 3.63) is 59.3 Å². The molecule has 0 amide bonds. The van der Waals surface area contributed by atoms with Crippen LogP contribution in [0.4, 0.5) is 0 Å². The van der Waals surface area contributed by atoms with Crippen LogP contribution < -0.4 is 11.5 Å². The van der Waals surface area contributed by atoms with Crippen molar-refractivity contribution in [2.45, 2.75) is 26.3 Å². The van der Waals surface area contributed by atoms with Gasteiger partial charge in [0.15, 0.2) is 0 Å². The monoisotopic (exact) mass is 216 g/mol. The van der Waals surface area contributed by atoms with E-state index in [-0.39, 0.29) is 6.04 Å². The summed E-state index contributed by atoms with van der Waals surface area (Å²) >= 11 is 0. The van der Waals surface area contributed by atoms with E-state index in [1.165, 1.54) is 0 Å². The Balaban J connectivity index is 2.93. The minimum Gasteiger partial charge on any atom is -0.402 e. The summed E-state index contributed by atoms with van der Waals surface area (Å²) < 4.78 is 0. The van der Waals surface area contributed by atoms with Gasteiger partial charge in [-0.2, -0.15) is 0 Å². The third kappa shape index (κ3) is 3.24. The van der Waals surface area contributed by atoms with Crippen LogP contribution >= 0.6 is 0 Å². The quantitative estimate of drug-likeness (QED) is 0.760. The van der Waals surface area contributed by atoms with Gasteiger partial charge in [0.05, 0.1) is 6.04 Å². The van der Waals surface area contributed by atoms with Gasteiger partial charge >= 0.3 is 0 Å². The Morgan fingerprint density at radius 2 is 1.94 bits per heavy atom. The molecular weight excluding hydrogens is 196 g/mol. The first-order valence-electron chi connectivity index (χ1n) is 5.53. The minimum absolute atomic E-state index is 0.109. The van der Waals surface area contributed by atoms with Crippen molar-refractivity contribution in [1.82, 2.24) is 0 Å². The standard InChI is InChI=1S/C14H20N2/c1-3-4-10-13(11(2)15)14(16)12-8-6-5-7-9-12/h3-9,14H,10,15-16H2,1-2H3/b4-3?,13-11-. The van der Waals surface area contributed by atoms with Gasteiger partial charge in [0.1, 0.15) is 0 Å². The largest absolute Gasteiger partial charge is 0.402 e. The Hall–Kier alpha value is -1.54. The normalized spacial score (nSPS) is 14.9. The van der Waals surface area contributed by atoms with Gasteiger partial charge in [0.2, 0.25) is 0 Å². The molecule has 0 bridgehead atoms. The number of rotatable bonds is 4. The van der Waals surface area contributed by atoms with Gasteiger partial charge in [-0.15, -0.1) is 0 Å². The molecule has 16 heavy (non-hydrogen) atoms. The third-order valence-electron chi connectivity index (χ3n) is 2.61. The summed E-state index contributed by atoms with van der Waals surface area (Å²) in [6, 6.07) is 9.93. The van der Waals surface area contributed by atoms with Gasteiger partial charge in [0.25, 0.3) is 0 Å². The molecule has 4 N–H and O–H groups in total. The molecule has 86 valence electrons. The second-order valence-corrected chi connectivity index (χ2v) is 3.87. The summed E-state index contributed by atoms with van der Waals surface area (Å²) in [6.07, 6.45) is 4.91. The maximum absolute atomic E-state index is 6.21. The van der Waals surface area contributed by atoms with Crippen LogP contribution in [0.1, 0.15) is 31.9 Å². The molecule has 0 aromatic heterocycles. The zero-order valence-corrected chi connectivity index (χ0v) is 9.98. The zero-order chi connectivity index (χ0) is 12.0. The van der Waals surface area contributed by atoms with Crippen LogP contribution in [0.25, 0.3) is 0 Å². The minimum atomic E-state index is -0.109. The highest BCUT2D eigenvalue weighted by atomic mass is 14.7. The lowest BCUT2D eigenvalue weighted by Crippen LogP contribution is -2.16. The maximum atomic E-state index is 6.21. The van der Waals surface area contributed by atoms with E-state index in [9.17, 15) is 0 Å². The van der Waals surface area contributed by atoms with E-state index in [0.29, 0.717) is 0 Å². The van der Waals surface area contributed by atoms with Crippen molar-refractivity contribution >= 4 is 0 Å². The molecule has 0 radical (unpaired) electrons. The Labute approximate surface area is 97.7 Å².